The molecule has 1 heterocycles. The molecule has 0 aliphatic carbocycles. The Morgan fingerprint density at radius 1 is 1.59 bits per heavy atom. The van der Waals surface area contributed by atoms with Gasteiger partial charge in [-0.1, -0.05) is 19.8 Å². The van der Waals surface area contributed by atoms with Gasteiger partial charge in [-0.2, -0.15) is 0 Å². The zero-order valence-electron chi connectivity index (χ0n) is 10.1. The van der Waals surface area contributed by atoms with E-state index in [-0.39, 0.29) is 24.2 Å². The molecule has 0 amide bonds. The van der Waals surface area contributed by atoms with Gasteiger partial charge in [-0.15, -0.1) is 24.2 Å². The average molecular weight is 278 g/mol. The van der Waals surface area contributed by atoms with Crippen LogP contribution >= 0.6 is 24.2 Å². The molecule has 0 saturated carbocycles. The summed E-state index contributed by atoms with van der Waals surface area (Å²) in [4.78, 5) is 11.6. The maximum Gasteiger partial charge on any atom is 0.159 e. The first-order valence-corrected chi connectivity index (χ1v) is 6.78. The van der Waals surface area contributed by atoms with Gasteiger partial charge >= 0.3 is 0 Å². The van der Waals surface area contributed by atoms with E-state index in [1.165, 1.54) is 0 Å². The normalized spacial score (nSPS) is 11.9. The van der Waals surface area contributed by atoms with Gasteiger partial charge in [0.15, 0.2) is 5.78 Å². The lowest BCUT2D eigenvalue weighted by Crippen LogP contribution is -2.31. The second kappa shape index (κ2) is 9.57. The fourth-order valence-corrected chi connectivity index (χ4v) is 2.22. The predicted octanol–water partition coefficient (Wildman–Crippen LogP) is 3.02. The minimum absolute atomic E-state index is 0. The molecular weight excluding hydrogens is 258 g/mol. The maximum atomic E-state index is 11.6. The summed E-state index contributed by atoms with van der Waals surface area (Å²) in [7, 11) is 0. The van der Waals surface area contributed by atoms with E-state index in [0.717, 1.165) is 30.8 Å². The van der Waals surface area contributed by atoms with Gasteiger partial charge < -0.3 is 10.2 Å². The van der Waals surface area contributed by atoms with Crippen LogP contribution in [0.25, 0.3) is 0 Å². The molecule has 0 bridgehead atoms. The molecule has 98 valence electrons. The molecule has 17 heavy (non-hydrogen) atoms. The van der Waals surface area contributed by atoms with Crippen LogP contribution in [0.5, 0.6) is 0 Å². The molecule has 0 aliphatic rings. The van der Waals surface area contributed by atoms with Crippen molar-refractivity contribution in [3.63, 3.8) is 0 Å². The monoisotopic (exact) mass is 277 g/mol. The molecule has 0 unspecified atom stereocenters. The Morgan fingerprint density at radius 2 is 2.35 bits per heavy atom. The minimum Gasteiger partial charge on any atom is -0.468 e. The standard InChI is InChI=1S/C12H19NO2S.ClH/c1-2-3-6-11(13)12(14)9-16-8-10-5-4-7-15-10;/h4-5,7,11H,2-3,6,8-9,13H2,1H3;1H/t11-;/m0./s1. The number of ketones is 1. The van der Waals surface area contributed by atoms with Crippen LogP contribution in [0.3, 0.4) is 0 Å². The molecular formula is C12H20ClNO2S. The molecule has 2 N–H and O–H groups in total. The lowest BCUT2D eigenvalue weighted by molar-refractivity contribution is -0.117. The van der Waals surface area contributed by atoms with Crippen LogP contribution in [0.4, 0.5) is 0 Å². The first-order valence-electron chi connectivity index (χ1n) is 5.62. The Kier molecular flexibility index (Phi) is 9.31. The number of thioether (sulfide) groups is 1. The summed E-state index contributed by atoms with van der Waals surface area (Å²) in [5.41, 5.74) is 5.78. The second-order valence-corrected chi connectivity index (χ2v) is 4.77. The third kappa shape index (κ3) is 6.76. The Hall–Kier alpha value is -0.450. The molecule has 0 radical (unpaired) electrons. The van der Waals surface area contributed by atoms with Gasteiger partial charge in [0.1, 0.15) is 5.76 Å². The van der Waals surface area contributed by atoms with Crippen LogP contribution in [0, 0.1) is 0 Å². The summed E-state index contributed by atoms with van der Waals surface area (Å²) in [6, 6.07) is 3.48. The predicted molar refractivity (Wildman–Crippen MR) is 74.6 cm³/mol. The number of nitrogens with two attached hydrogens (primary N) is 1. The van der Waals surface area contributed by atoms with E-state index in [9.17, 15) is 4.79 Å². The highest BCUT2D eigenvalue weighted by atomic mass is 35.5. The number of rotatable bonds is 8. The van der Waals surface area contributed by atoms with Crippen molar-refractivity contribution < 1.29 is 9.21 Å². The minimum atomic E-state index is -0.288. The topological polar surface area (TPSA) is 56.2 Å². The molecule has 0 saturated heterocycles. The van der Waals surface area contributed by atoms with Crippen LogP contribution in [0.2, 0.25) is 0 Å². The highest BCUT2D eigenvalue weighted by Crippen LogP contribution is 2.13. The first-order chi connectivity index (χ1) is 7.74. The summed E-state index contributed by atoms with van der Waals surface area (Å²) < 4.78 is 5.18. The second-order valence-electron chi connectivity index (χ2n) is 3.79. The molecule has 0 aromatic carbocycles. The zero-order chi connectivity index (χ0) is 11.8. The fraction of sp³-hybridized carbons (Fsp3) is 0.583. The van der Waals surface area contributed by atoms with Gasteiger partial charge in [-0.05, 0) is 18.6 Å². The molecule has 1 aromatic heterocycles. The van der Waals surface area contributed by atoms with Crippen molar-refractivity contribution in [2.24, 2.45) is 5.73 Å². The van der Waals surface area contributed by atoms with E-state index in [1.807, 2.05) is 12.1 Å². The zero-order valence-corrected chi connectivity index (χ0v) is 11.7. The average Bonchev–Trinajstić information content (AvgIpc) is 2.78. The van der Waals surface area contributed by atoms with Crippen LogP contribution in [-0.2, 0) is 10.5 Å². The molecule has 0 fully saturated rings. The lowest BCUT2D eigenvalue weighted by atomic mass is 10.1. The van der Waals surface area contributed by atoms with Crippen LogP contribution in [-0.4, -0.2) is 17.6 Å². The molecule has 1 aromatic rings. The van der Waals surface area contributed by atoms with Crippen LogP contribution in [0.1, 0.15) is 31.9 Å². The van der Waals surface area contributed by atoms with Crippen molar-refractivity contribution >= 4 is 30.0 Å². The molecule has 0 aliphatic heterocycles. The number of Topliss-reactive ketones (excluding diaryl/α,β-unsaturated/α-hetero) is 1. The number of furan rings is 1. The van der Waals surface area contributed by atoms with Crippen LogP contribution < -0.4 is 5.73 Å². The maximum absolute atomic E-state index is 11.6. The quantitative estimate of drug-likeness (QED) is 0.794. The van der Waals surface area contributed by atoms with Crippen LogP contribution in [0.15, 0.2) is 22.8 Å². The summed E-state index contributed by atoms with van der Waals surface area (Å²) >= 11 is 1.56. The smallest absolute Gasteiger partial charge is 0.159 e. The number of carbonyl (C=O) groups is 1. The SMILES string of the molecule is CCCC[C@H](N)C(=O)CSCc1ccco1.Cl. The first kappa shape index (κ1) is 16.6. The van der Waals surface area contributed by atoms with E-state index in [0.29, 0.717) is 5.75 Å². The molecule has 3 nitrogen and oxygen atoms in total. The Morgan fingerprint density at radius 3 is 2.94 bits per heavy atom. The van der Waals surface area contributed by atoms with Crippen molar-refractivity contribution in [3.8, 4) is 0 Å². The van der Waals surface area contributed by atoms with Crippen molar-refractivity contribution in [2.75, 3.05) is 5.75 Å². The molecule has 1 rings (SSSR count). The summed E-state index contributed by atoms with van der Waals surface area (Å²) in [6.07, 6.45) is 4.55. The number of halogens is 1. The number of unbranched alkanes of at least 4 members (excludes halogenated alkanes) is 1. The van der Waals surface area contributed by atoms with Gasteiger partial charge in [-0.25, -0.2) is 0 Å². The van der Waals surface area contributed by atoms with Gasteiger partial charge in [0.05, 0.1) is 23.8 Å². The third-order valence-electron chi connectivity index (χ3n) is 2.35. The van der Waals surface area contributed by atoms with Gasteiger partial charge in [-0.3, -0.25) is 4.79 Å². The summed E-state index contributed by atoms with van der Waals surface area (Å²) in [5, 5.41) is 0. The van der Waals surface area contributed by atoms with Crippen molar-refractivity contribution in [2.45, 2.75) is 38.0 Å². The van der Waals surface area contributed by atoms with E-state index in [4.69, 9.17) is 10.2 Å². The molecule has 0 spiro atoms. The number of hydrogen-bond donors (Lipinski definition) is 1. The molecule has 5 heteroatoms. The summed E-state index contributed by atoms with van der Waals surface area (Å²) in [5.74, 6) is 2.26. The largest absolute Gasteiger partial charge is 0.468 e. The van der Waals surface area contributed by atoms with Gasteiger partial charge in [0, 0.05) is 0 Å². The summed E-state index contributed by atoms with van der Waals surface area (Å²) in [6.45, 7) is 2.10. The Labute approximate surface area is 113 Å². The Bertz CT molecular complexity index is 303. The van der Waals surface area contributed by atoms with Crippen molar-refractivity contribution in [1.82, 2.24) is 0 Å². The van der Waals surface area contributed by atoms with E-state index in [2.05, 4.69) is 6.92 Å². The van der Waals surface area contributed by atoms with E-state index < -0.39 is 0 Å². The number of carbonyl (C=O) groups excluding carboxylic acids is 1. The Balaban J connectivity index is 0.00000256. The molecule has 1 atom stereocenters. The van der Waals surface area contributed by atoms with Crippen molar-refractivity contribution in [1.29, 1.82) is 0 Å². The number of hydrogen-bond acceptors (Lipinski definition) is 4. The fourth-order valence-electron chi connectivity index (χ4n) is 1.34. The lowest BCUT2D eigenvalue weighted by Gasteiger charge is -2.08. The highest BCUT2D eigenvalue weighted by Gasteiger charge is 2.12. The van der Waals surface area contributed by atoms with Gasteiger partial charge in [0.25, 0.3) is 0 Å². The third-order valence-corrected chi connectivity index (χ3v) is 3.33. The van der Waals surface area contributed by atoms with Crippen molar-refractivity contribution in [3.05, 3.63) is 24.2 Å². The van der Waals surface area contributed by atoms with Gasteiger partial charge in [0.2, 0.25) is 0 Å². The van der Waals surface area contributed by atoms with E-state index in [1.54, 1.807) is 18.0 Å². The highest BCUT2D eigenvalue weighted by molar-refractivity contribution is 7.99. The van der Waals surface area contributed by atoms with E-state index >= 15 is 0 Å².